The van der Waals surface area contributed by atoms with Gasteiger partial charge < -0.3 is 5.32 Å². The summed E-state index contributed by atoms with van der Waals surface area (Å²) in [6, 6.07) is 10.9. The van der Waals surface area contributed by atoms with E-state index in [1.54, 1.807) is 0 Å². The Morgan fingerprint density at radius 1 is 1.06 bits per heavy atom. The number of hydrogen-bond acceptors (Lipinski definition) is 1. The lowest BCUT2D eigenvalue weighted by Crippen LogP contribution is -2.37. The van der Waals surface area contributed by atoms with E-state index in [-0.39, 0.29) is 11.8 Å². The maximum atomic E-state index is 12.1. The van der Waals surface area contributed by atoms with Crippen molar-refractivity contribution in [2.24, 2.45) is 5.92 Å². The fourth-order valence-corrected chi connectivity index (χ4v) is 3.11. The lowest BCUT2D eigenvalue weighted by Gasteiger charge is -2.22. The maximum absolute atomic E-state index is 12.1. The first-order chi connectivity index (χ1) is 8.84. The van der Waals surface area contributed by atoms with Gasteiger partial charge in [-0.1, -0.05) is 49.6 Å². The second-order valence-electron chi connectivity index (χ2n) is 5.70. The van der Waals surface area contributed by atoms with Gasteiger partial charge in [0.25, 0.3) is 0 Å². The summed E-state index contributed by atoms with van der Waals surface area (Å²) in [5.41, 5.74) is 1.32. The average Bonchev–Trinajstić information content (AvgIpc) is 3.21. The van der Waals surface area contributed by atoms with Crippen LogP contribution < -0.4 is 5.32 Å². The highest BCUT2D eigenvalue weighted by molar-refractivity contribution is 5.83. The number of benzene rings is 1. The van der Waals surface area contributed by atoms with Gasteiger partial charge in [-0.25, -0.2) is 0 Å². The Balaban J connectivity index is 1.53. The molecule has 0 heterocycles. The normalized spacial score (nSPS) is 27.8. The molecule has 0 aliphatic heterocycles. The van der Waals surface area contributed by atoms with Gasteiger partial charge in [-0.2, -0.15) is 0 Å². The summed E-state index contributed by atoms with van der Waals surface area (Å²) >= 11 is 0. The van der Waals surface area contributed by atoms with Crippen LogP contribution in [0.5, 0.6) is 0 Å². The summed E-state index contributed by atoms with van der Waals surface area (Å²) < 4.78 is 0. The van der Waals surface area contributed by atoms with Crippen molar-refractivity contribution in [1.29, 1.82) is 0 Å². The lowest BCUT2D eigenvalue weighted by atomic mass is 9.95. The smallest absolute Gasteiger partial charge is 0.223 e. The van der Waals surface area contributed by atoms with Gasteiger partial charge in [0.15, 0.2) is 0 Å². The van der Waals surface area contributed by atoms with E-state index in [9.17, 15) is 4.79 Å². The molecule has 0 saturated heterocycles. The minimum Gasteiger partial charge on any atom is -0.353 e. The molecular weight excluding hydrogens is 222 g/mol. The van der Waals surface area contributed by atoms with E-state index in [0.29, 0.717) is 12.0 Å². The van der Waals surface area contributed by atoms with Crippen molar-refractivity contribution in [1.82, 2.24) is 5.32 Å². The highest BCUT2D eigenvalue weighted by Gasteiger charge is 2.44. The summed E-state index contributed by atoms with van der Waals surface area (Å²) in [6.45, 7) is 0. The molecule has 1 aromatic rings. The first-order valence-electron chi connectivity index (χ1n) is 7.20. The number of nitrogens with one attached hydrogen (secondary N) is 1. The van der Waals surface area contributed by atoms with Crippen LogP contribution in [-0.2, 0) is 4.79 Å². The van der Waals surface area contributed by atoms with E-state index in [1.165, 1.54) is 37.7 Å². The molecule has 18 heavy (non-hydrogen) atoms. The molecule has 1 N–H and O–H groups in total. The van der Waals surface area contributed by atoms with Crippen LogP contribution in [0.15, 0.2) is 30.3 Å². The summed E-state index contributed by atoms with van der Waals surface area (Å²) in [6.07, 6.45) is 7.27. The third kappa shape index (κ3) is 2.58. The van der Waals surface area contributed by atoms with E-state index in [0.717, 1.165) is 6.42 Å². The van der Waals surface area contributed by atoms with Crippen LogP contribution in [0.2, 0.25) is 0 Å². The predicted molar refractivity (Wildman–Crippen MR) is 72.3 cm³/mol. The number of amides is 1. The summed E-state index contributed by atoms with van der Waals surface area (Å²) in [5.74, 6) is 0.986. The van der Waals surface area contributed by atoms with Crippen molar-refractivity contribution in [3.05, 3.63) is 35.9 Å². The van der Waals surface area contributed by atoms with E-state index in [1.807, 2.05) is 6.07 Å². The molecule has 1 aromatic carbocycles. The maximum Gasteiger partial charge on any atom is 0.223 e. The fraction of sp³-hybridized carbons (Fsp3) is 0.562. The minimum absolute atomic E-state index is 0.231. The first-order valence-corrected chi connectivity index (χ1v) is 7.20. The van der Waals surface area contributed by atoms with Crippen LogP contribution in [0.25, 0.3) is 0 Å². The van der Waals surface area contributed by atoms with Gasteiger partial charge in [0, 0.05) is 12.0 Å². The van der Waals surface area contributed by atoms with Crippen molar-refractivity contribution >= 4 is 5.91 Å². The second-order valence-corrected chi connectivity index (χ2v) is 5.70. The molecule has 2 nitrogen and oxygen atoms in total. The van der Waals surface area contributed by atoms with Crippen molar-refractivity contribution < 1.29 is 4.79 Å². The molecule has 2 fully saturated rings. The molecule has 3 rings (SSSR count). The molecule has 96 valence electrons. The zero-order valence-corrected chi connectivity index (χ0v) is 10.8. The number of carbonyl (C=O) groups is 1. The molecule has 0 radical (unpaired) electrons. The Kier molecular flexibility index (Phi) is 3.35. The van der Waals surface area contributed by atoms with Crippen LogP contribution in [0.4, 0.5) is 0 Å². The molecular formula is C16H21NO. The Bertz CT molecular complexity index is 408. The van der Waals surface area contributed by atoms with E-state index in [2.05, 4.69) is 29.6 Å². The Hall–Kier alpha value is -1.31. The van der Waals surface area contributed by atoms with Crippen molar-refractivity contribution in [2.45, 2.75) is 50.5 Å². The van der Waals surface area contributed by atoms with Crippen molar-refractivity contribution in [3.8, 4) is 0 Å². The minimum atomic E-state index is 0.231. The predicted octanol–water partition coefficient (Wildman–Crippen LogP) is 3.24. The van der Waals surface area contributed by atoms with Gasteiger partial charge in [0.05, 0.1) is 0 Å². The molecule has 2 aliphatic carbocycles. The van der Waals surface area contributed by atoms with Gasteiger partial charge in [0.2, 0.25) is 5.91 Å². The molecule has 0 aromatic heterocycles. The molecule has 2 aliphatic rings. The van der Waals surface area contributed by atoms with Gasteiger partial charge in [-0.3, -0.25) is 4.79 Å². The average molecular weight is 243 g/mol. The monoisotopic (exact) mass is 243 g/mol. The first kappa shape index (κ1) is 11.8. The van der Waals surface area contributed by atoms with Crippen LogP contribution in [-0.4, -0.2) is 11.9 Å². The van der Waals surface area contributed by atoms with E-state index < -0.39 is 0 Å². The lowest BCUT2D eigenvalue weighted by molar-refractivity contribution is -0.123. The molecule has 2 atom stereocenters. The third-order valence-corrected chi connectivity index (χ3v) is 4.31. The highest BCUT2D eigenvalue weighted by atomic mass is 16.2. The van der Waals surface area contributed by atoms with Crippen LogP contribution in [0.3, 0.4) is 0 Å². The fourth-order valence-electron chi connectivity index (χ4n) is 3.11. The van der Waals surface area contributed by atoms with Gasteiger partial charge in [-0.15, -0.1) is 0 Å². The van der Waals surface area contributed by atoms with Gasteiger partial charge in [-0.05, 0) is 30.7 Å². The third-order valence-electron chi connectivity index (χ3n) is 4.31. The quantitative estimate of drug-likeness (QED) is 0.867. The van der Waals surface area contributed by atoms with Crippen LogP contribution in [0, 0.1) is 5.92 Å². The number of rotatable bonds is 3. The Labute approximate surface area is 109 Å². The Morgan fingerprint density at radius 3 is 2.50 bits per heavy atom. The zero-order chi connectivity index (χ0) is 12.4. The standard InChI is InChI=1S/C16H21NO/c18-16(17-13-9-5-2-6-10-13)15-11-14(15)12-7-3-1-4-8-12/h1,3-4,7-8,13-15H,2,5-6,9-11H2,(H,17,18)/t14-,15+/m1/s1. The van der Waals surface area contributed by atoms with E-state index >= 15 is 0 Å². The van der Waals surface area contributed by atoms with E-state index in [4.69, 9.17) is 0 Å². The van der Waals surface area contributed by atoms with Crippen molar-refractivity contribution in [2.75, 3.05) is 0 Å². The number of carbonyl (C=O) groups excluding carboxylic acids is 1. The highest BCUT2D eigenvalue weighted by Crippen LogP contribution is 2.47. The molecule has 1 amide bonds. The largest absolute Gasteiger partial charge is 0.353 e. The summed E-state index contributed by atoms with van der Waals surface area (Å²) in [7, 11) is 0. The summed E-state index contributed by atoms with van der Waals surface area (Å²) in [5, 5.41) is 3.24. The Morgan fingerprint density at radius 2 is 1.78 bits per heavy atom. The molecule has 2 heteroatoms. The molecule has 0 spiro atoms. The van der Waals surface area contributed by atoms with Crippen LogP contribution >= 0.6 is 0 Å². The van der Waals surface area contributed by atoms with Gasteiger partial charge >= 0.3 is 0 Å². The van der Waals surface area contributed by atoms with Gasteiger partial charge in [0.1, 0.15) is 0 Å². The molecule has 0 bridgehead atoms. The molecule has 2 saturated carbocycles. The van der Waals surface area contributed by atoms with Crippen LogP contribution in [0.1, 0.15) is 50.0 Å². The topological polar surface area (TPSA) is 29.1 Å². The zero-order valence-electron chi connectivity index (χ0n) is 10.8. The van der Waals surface area contributed by atoms with Crippen molar-refractivity contribution in [3.63, 3.8) is 0 Å². The second kappa shape index (κ2) is 5.13. The SMILES string of the molecule is O=C(NC1CCCCC1)[C@H]1C[C@@H]1c1ccccc1. The number of hydrogen-bond donors (Lipinski definition) is 1. The summed E-state index contributed by atoms with van der Waals surface area (Å²) in [4.78, 5) is 12.1. The molecule has 0 unspecified atom stereocenters.